The van der Waals surface area contributed by atoms with E-state index in [0.29, 0.717) is 24.1 Å². The molecule has 0 saturated carbocycles. The van der Waals surface area contributed by atoms with Gasteiger partial charge in [0, 0.05) is 28.2 Å². The maximum atomic E-state index is 12.2. The summed E-state index contributed by atoms with van der Waals surface area (Å²) in [5, 5.41) is 13.6. The minimum absolute atomic E-state index is 0.00119. The van der Waals surface area contributed by atoms with E-state index in [9.17, 15) is 4.79 Å². The van der Waals surface area contributed by atoms with Crippen molar-refractivity contribution >= 4 is 33.2 Å². The molecule has 0 bridgehead atoms. The number of nitrogens with one attached hydrogen (secondary N) is 1. The Bertz CT molecular complexity index is 688. The Morgan fingerprint density at radius 1 is 1.48 bits per heavy atom. The molecule has 0 aliphatic carbocycles. The molecule has 0 saturated heterocycles. The van der Waals surface area contributed by atoms with E-state index in [1.807, 2.05) is 11.4 Å². The Labute approximate surface area is 135 Å². The molecule has 108 valence electrons. The van der Waals surface area contributed by atoms with Gasteiger partial charge in [-0.15, -0.1) is 11.3 Å². The van der Waals surface area contributed by atoms with Crippen LogP contribution in [-0.4, -0.2) is 22.6 Å². The van der Waals surface area contributed by atoms with Crippen molar-refractivity contribution < 1.29 is 9.90 Å². The minimum atomic E-state index is -0.189. The molecule has 0 radical (unpaired) electrons. The van der Waals surface area contributed by atoms with Crippen LogP contribution in [0.1, 0.15) is 27.2 Å². The van der Waals surface area contributed by atoms with Crippen LogP contribution in [0.15, 0.2) is 34.4 Å². The first-order chi connectivity index (χ1) is 10.2. The molecule has 2 rings (SSSR count). The van der Waals surface area contributed by atoms with Gasteiger partial charge in [0.05, 0.1) is 24.3 Å². The first-order valence-electron chi connectivity index (χ1n) is 6.26. The fraction of sp³-hybridized carbons (Fsp3) is 0.200. The number of carbonyl (C=O) groups is 1. The molecule has 0 spiro atoms. The highest BCUT2D eigenvalue weighted by Gasteiger charge is 2.11. The molecule has 2 heterocycles. The number of hydrogen-bond acceptors (Lipinski definition) is 4. The largest absolute Gasteiger partial charge is 0.395 e. The molecular formula is C15H13BrN2O2S. The minimum Gasteiger partial charge on any atom is -0.395 e. The van der Waals surface area contributed by atoms with Gasteiger partial charge in [0.2, 0.25) is 0 Å². The second kappa shape index (κ2) is 7.93. The van der Waals surface area contributed by atoms with Crippen molar-refractivity contribution in [3.05, 3.63) is 50.4 Å². The van der Waals surface area contributed by atoms with Crippen LogP contribution in [0, 0.1) is 11.8 Å². The molecule has 0 unspecified atom stereocenters. The zero-order valence-corrected chi connectivity index (χ0v) is 13.5. The second-order valence-electron chi connectivity index (χ2n) is 4.07. The van der Waals surface area contributed by atoms with Crippen molar-refractivity contribution in [1.29, 1.82) is 0 Å². The molecule has 2 aromatic heterocycles. The summed E-state index contributed by atoms with van der Waals surface area (Å²) in [6, 6.07) is 3.59. The smallest absolute Gasteiger partial charge is 0.252 e. The Morgan fingerprint density at radius 2 is 2.33 bits per heavy atom. The lowest BCUT2D eigenvalue weighted by Gasteiger charge is -2.06. The molecule has 0 atom stereocenters. The van der Waals surface area contributed by atoms with Gasteiger partial charge in [0.1, 0.15) is 0 Å². The van der Waals surface area contributed by atoms with E-state index in [4.69, 9.17) is 5.11 Å². The van der Waals surface area contributed by atoms with Gasteiger partial charge < -0.3 is 10.4 Å². The fourth-order valence-corrected chi connectivity index (χ4v) is 3.04. The molecule has 0 aliphatic rings. The summed E-state index contributed by atoms with van der Waals surface area (Å²) < 4.78 is 0.991. The summed E-state index contributed by atoms with van der Waals surface area (Å²) in [5.74, 6) is 5.47. The molecule has 1 amide bonds. The maximum Gasteiger partial charge on any atom is 0.252 e. The predicted octanol–water partition coefficient (Wildman–Crippen LogP) is 2.57. The summed E-state index contributed by atoms with van der Waals surface area (Å²) in [6.45, 7) is 0.462. The number of aliphatic hydroxyl groups is 1. The van der Waals surface area contributed by atoms with Crippen molar-refractivity contribution in [3.63, 3.8) is 0 Å². The molecule has 6 heteroatoms. The van der Waals surface area contributed by atoms with Gasteiger partial charge in [0.25, 0.3) is 5.91 Å². The van der Waals surface area contributed by atoms with Crippen LogP contribution in [0.5, 0.6) is 0 Å². The number of hydrogen-bond donors (Lipinski definition) is 2. The van der Waals surface area contributed by atoms with Crippen molar-refractivity contribution in [3.8, 4) is 11.8 Å². The Hall–Kier alpha value is -1.68. The summed E-state index contributed by atoms with van der Waals surface area (Å²) in [7, 11) is 0. The van der Waals surface area contributed by atoms with Gasteiger partial charge in [-0.1, -0.05) is 11.8 Å². The highest BCUT2D eigenvalue weighted by molar-refractivity contribution is 9.10. The standard InChI is InChI=1S/C15H13BrN2O2S/c16-13-5-8-21-14(13)10-18-15(20)12-4-6-17-9-11(12)3-1-2-7-19/h4-6,8-9,19H,2,7,10H2,(H,18,20). The molecular weight excluding hydrogens is 352 g/mol. The lowest BCUT2D eigenvalue weighted by Crippen LogP contribution is -2.23. The monoisotopic (exact) mass is 364 g/mol. The van der Waals surface area contributed by atoms with Crippen LogP contribution in [0.3, 0.4) is 0 Å². The van der Waals surface area contributed by atoms with Gasteiger partial charge in [0.15, 0.2) is 0 Å². The fourth-order valence-electron chi connectivity index (χ4n) is 1.61. The number of rotatable bonds is 4. The Kier molecular flexibility index (Phi) is 5.93. The van der Waals surface area contributed by atoms with Crippen LogP contribution in [0.4, 0.5) is 0 Å². The number of amides is 1. The third kappa shape index (κ3) is 4.39. The third-order valence-electron chi connectivity index (χ3n) is 2.63. The number of thiophene rings is 1. The van der Waals surface area contributed by atoms with Gasteiger partial charge in [-0.3, -0.25) is 9.78 Å². The third-order valence-corrected chi connectivity index (χ3v) is 4.55. The lowest BCUT2D eigenvalue weighted by molar-refractivity contribution is 0.0951. The molecule has 4 nitrogen and oxygen atoms in total. The van der Waals surface area contributed by atoms with Crippen LogP contribution in [-0.2, 0) is 6.54 Å². The zero-order valence-electron chi connectivity index (χ0n) is 11.1. The number of aromatic nitrogens is 1. The van der Waals surface area contributed by atoms with E-state index in [1.54, 1.807) is 29.8 Å². The molecule has 21 heavy (non-hydrogen) atoms. The van der Waals surface area contributed by atoms with E-state index in [1.165, 1.54) is 0 Å². The van der Waals surface area contributed by atoms with E-state index in [2.05, 4.69) is 38.1 Å². The van der Waals surface area contributed by atoms with Crippen molar-refractivity contribution in [2.24, 2.45) is 0 Å². The average molecular weight is 365 g/mol. The number of nitrogens with zero attached hydrogens (tertiary/aromatic N) is 1. The van der Waals surface area contributed by atoms with Crippen LogP contribution >= 0.6 is 27.3 Å². The van der Waals surface area contributed by atoms with Gasteiger partial charge >= 0.3 is 0 Å². The van der Waals surface area contributed by atoms with Gasteiger partial charge in [-0.2, -0.15) is 0 Å². The SMILES string of the molecule is O=C(NCc1sccc1Br)c1ccncc1C#CCCO. The summed E-state index contributed by atoms with van der Waals surface area (Å²) in [4.78, 5) is 17.3. The van der Waals surface area contributed by atoms with Crippen molar-refractivity contribution in [2.75, 3.05) is 6.61 Å². The normalized spacial score (nSPS) is 9.81. The van der Waals surface area contributed by atoms with Gasteiger partial charge in [-0.25, -0.2) is 0 Å². The van der Waals surface area contributed by atoms with Crippen molar-refractivity contribution in [2.45, 2.75) is 13.0 Å². The number of pyridine rings is 1. The number of aliphatic hydroxyl groups excluding tert-OH is 1. The average Bonchev–Trinajstić information content (AvgIpc) is 2.91. The maximum absolute atomic E-state index is 12.2. The van der Waals surface area contributed by atoms with E-state index >= 15 is 0 Å². The van der Waals surface area contributed by atoms with Crippen molar-refractivity contribution in [1.82, 2.24) is 10.3 Å². The van der Waals surface area contributed by atoms with Crippen LogP contribution < -0.4 is 5.32 Å². The highest BCUT2D eigenvalue weighted by Crippen LogP contribution is 2.22. The first-order valence-corrected chi connectivity index (χ1v) is 7.93. The quantitative estimate of drug-likeness (QED) is 0.819. The van der Waals surface area contributed by atoms with E-state index in [-0.39, 0.29) is 12.5 Å². The number of halogens is 1. The lowest BCUT2D eigenvalue weighted by atomic mass is 10.1. The first kappa shape index (κ1) is 15.7. The molecule has 0 aliphatic heterocycles. The summed E-state index contributed by atoms with van der Waals surface area (Å²) >= 11 is 5.01. The van der Waals surface area contributed by atoms with E-state index < -0.39 is 0 Å². The topological polar surface area (TPSA) is 62.2 Å². The Morgan fingerprint density at radius 3 is 3.05 bits per heavy atom. The zero-order chi connectivity index (χ0) is 15.1. The van der Waals surface area contributed by atoms with Gasteiger partial charge in [-0.05, 0) is 33.4 Å². The Balaban J connectivity index is 2.09. The molecule has 2 N–H and O–H groups in total. The van der Waals surface area contributed by atoms with Crippen LogP contribution in [0.2, 0.25) is 0 Å². The predicted molar refractivity (Wildman–Crippen MR) is 86.0 cm³/mol. The number of carbonyl (C=O) groups excluding carboxylic acids is 1. The second-order valence-corrected chi connectivity index (χ2v) is 5.93. The summed E-state index contributed by atoms with van der Waals surface area (Å²) in [5.41, 5.74) is 1.05. The molecule has 0 aromatic carbocycles. The summed E-state index contributed by atoms with van der Waals surface area (Å²) in [6.07, 6.45) is 3.49. The highest BCUT2D eigenvalue weighted by atomic mass is 79.9. The van der Waals surface area contributed by atoms with E-state index in [0.717, 1.165) is 9.35 Å². The molecule has 2 aromatic rings. The van der Waals surface area contributed by atoms with Crippen LogP contribution in [0.25, 0.3) is 0 Å². The molecule has 0 fully saturated rings.